The topological polar surface area (TPSA) is 86.1 Å². The Labute approximate surface area is 206 Å². The summed E-state index contributed by atoms with van der Waals surface area (Å²) in [5.41, 5.74) is 1.62. The highest BCUT2D eigenvalue weighted by atomic mass is 35.5. The predicted octanol–water partition coefficient (Wildman–Crippen LogP) is 5.45. The molecule has 2 aliphatic carbocycles. The van der Waals surface area contributed by atoms with Crippen molar-refractivity contribution in [3.8, 4) is 0 Å². The molecule has 0 aliphatic heterocycles. The molecular weight excluding hydrogens is 452 g/mol. The van der Waals surface area contributed by atoms with E-state index in [1.807, 2.05) is 32.0 Å². The number of hydrogen-bond acceptors (Lipinski definition) is 5. The normalized spacial score (nSPS) is 20.2. The number of benzene rings is 1. The van der Waals surface area contributed by atoms with Crippen LogP contribution in [0.15, 0.2) is 18.2 Å². The summed E-state index contributed by atoms with van der Waals surface area (Å²) in [6, 6.07) is 5.99. The number of nitrogens with one attached hydrogen (secondary N) is 1. The Bertz CT molecular complexity index is 1010. The Balaban J connectivity index is 1.29. The van der Waals surface area contributed by atoms with Gasteiger partial charge in [0.25, 0.3) is 0 Å². The fourth-order valence-corrected chi connectivity index (χ4v) is 5.09. The zero-order valence-corrected chi connectivity index (χ0v) is 20.9. The minimum absolute atomic E-state index is 0.0337. The Morgan fingerprint density at radius 3 is 2.47 bits per heavy atom. The van der Waals surface area contributed by atoms with Crippen LogP contribution in [0.1, 0.15) is 81.5 Å². The van der Waals surface area contributed by atoms with Crippen LogP contribution in [0.5, 0.6) is 0 Å². The summed E-state index contributed by atoms with van der Waals surface area (Å²) in [4.78, 5) is 24.5. The zero-order valence-electron chi connectivity index (χ0n) is 20.2. The molecule has 0 saturated heterocycles. The standard InChI is InChI=1S/C26H35ClN4O3/c1-3-34-26(33)19-10-7-18(8-11-19)9-14-23-29-30-24(31(23)20-12-13-20)15-16-25(32)28-22-6-4-5-21(27)17(22)2/h4-6,18-20H,3,7-16H2,1-2H3,(H,28,32). The highest BCUT2D eigenvalue weighted by Crippen LogP contribution is 2.38. The van der Waals surface area contributed by atoms with Crippen LogP contribution in [0, 0.1) is 18.8 Å². The van der Waals surface area contributed by atoms with Gasteiger partial charge in [0, 0.05) is 36.0 Å². The number of anilines is 1. The monoisotopic (exact) mass is 486 g/mol. The van der Waals surface area contributed by atoms with Gasteiger partial charge in [-0.15, -0.1) is 10.2 Å². The summed E-state index contributed by atoms with van der Waals surface area (Å²) >= 11 is 6.16. The van der Waals surface area contributed by atoms with Crippen LogP contribution in [0.2, 0.25) is 5.02 Å². The van der Waals surface area contributed by atoms with Crippen molar-refractivity contribution in [1.29, 1.82) is 0 Å². The largest absolute Gasteiger partial charge is 0.466 e. The molecule has 8 heteroatoms. The molecule has 2 aromatic rings. The molecule has 1 amide bonds. The molecular formula is C26H35ClN4O3. The summed E-state index contributed by atoms with van der Waals surface area (Å²) in [6.07, 6.45) is 9.16. The summed E-state index contributed by atoms with van der Waals surface area (Å²) in [6.45, 7) is 4.22. The van der Waals surface area contributed by atoms with E-state index in [1.54, 1.807) is 0 Å². The maximum absolute atomic E-state index is 12.6. The minimum Gasteiger partial charge on any atom is -0.466 e. The fraction of sp³-hybridized carbons (Fsp3) is 0.615. The van der Waals surface area contributed by atoms with Crippen molar-refractivity contribution in [1.82, 2.24) is 14.8 Å². The highest BCUT2D eigenvalue weighted by molar-refractivity contribution is 6.31. The van der Waals surface area contributed by atoms with Gasteiger partial charge in [-0.3, -0.25) is 9.59 Å². The second-order valence-corrected chi connectivity index (χ2v) is 10.0. The van der Waals surface area contributed by atoms with E-state index in [4.69, 9.17) is 16.3 Å². The van der Waals surface area contributed by atoms with Crippen LogP contribution in [0.4, 0.5) is 5.69 Å². The first kappa shape index (κ1) is 24.7. The first-order valence-electron chi connectivity index (χ1n) is 12.6. The lowest BCUT2D eigenvalue weighted by atomic mass is 9.80. The zero-order chi connectivity index (χ0) is 24.1. The number of nitrogens with zero attached hydrogens (tertiary/aromatic N) is 3. The van der Waals surface area contributed by atoms with E-state index in [2.05, 4.69) is 20.1 Å². The maximum Gasteiger partial charge on any atom is 0.308 e. The van der Waals surface area contributed by atoms with Gasteiger partial charge in [-0.25, -0.2) is 0 Å². The molecule has 1 aromatic carbocycles. The lowest BCUT2D eigenvalue weighted by Gasteiger charge is -2.27. The van der Waals surface area contributed by atoms with E-state index in [1.165, 1.54) is 0 Å². The lowest BCUT2D eigenvalue weighted by molar-refractivity contribution is -0.149. The van der Waals surface area contributed by atoms with Crippen molar-refractivity contribution in [2.75, 3.05) is 11.9 Å². The van der Waals surface area contributed by atoms with E-state index in [0.29, 0.717) is 36.4 Å². The molecule has 1 heterocycles. The molecule has 34 heavy (non-hydrogen) atoms. The van der Waals surface area contributed by atoms with Gasteiger partial charge in [0.15, 0.2) is 0 Å². The van der Waals surface area contributed by atoms with Gasteiger partial charge in [0.2, 0.25) is 5.91 Å². The summed E-state index contributed by atoms with van der Waals surface area (Å²) in [5, 5.41) is 12.6. The van der Waals surface area contributed by atoms with E-state index in [9.17, 15) is 9.59 Å². The second-order valence-electron chi connectivity index (χ2n) is 9.60. The average Bonchev–Trinajstić information content (AvgIpc) is 3.59. The fourth-order valence-electron chi connectivity index (χ4n) is 4.92. The number of aromatic nitrogens is 3. The van der Waals surface area contributed by atoms with Gasteiger partial charge in [-0.2, -0.15) is 0 Å². The Morgan fingerprint density at radius 1 is 1.09 bits per heavy atom. The molecule has 0 unspecified atom stereocenters. The van der Waals surface area contributed by atoms with Crippen LogP contribution >= 0.6 is 11.6 Å². The van der Waals surface area contributed by atoms with E-state index in [0.717, 1.165) is 74.3 Å². The van der Waals surface area contributed by atoms with Crippen molar-refractivity contribution in [2.45, 2.75) is 84.1 Å². The number of halogens is 1. The van der Waals surface area contributed by atoms with Crippen molar-refractivity contribution in [3.63, 3.8) is 0 Å². The third kappa shape index (κ3) is 6.17. The summed E-state index contributed by atoms with van der Waals surface area (Å²) in [5.74, 6) is 2.55. The molecule has 7 nitrogen and oxygen atoms in total. The molecule has 184 valence electrons. The minimum atomic E-state index is -0.0457. The number of ether oxygens (including phenoxy) is 1. The van der Waals surface area contributed by atoms with E-state index >= 15 is 0 Å². The van der Waals surface area contributed by atoms with Crippen LogP contribution in [0.3, 0.4) is 0 Å². The second kappa shape index (κ2) is 11.3. The van der Waals surface area contributed by atoms with Crippen molar-refractivity contribution < 1.29 is 14.3 Å². The quantitative estimate of drug-likeness (QED) is 0.451. The number of aryl methyl sites for hydroxylation is 2. The van der Waals surface area contributed by atoms with Gasteiger partial charge in [0.1, 0.15) is 11.6 Å². The average molecular weight is 487 g/mol. The van der Waals surface area contributed by atoms with Crippen LogP contribution in [-0.2, 0) is 27.2 Å². The summed E-state index contributed by atoms with van der Waals surface area (Å²) < 4.78 is 7.47. The number of carbonyl (C=O) groups is 2. The molecule has 0 radical (unpaired) electrons. The molecule has 0 atom stereocenters. The van der Waals surface area contributed by atoms with E-state index < -0.39 is 0 Å². The molecule has 4 rings (SSSR count). The molecule has 2 aliphatic rings. The third-order valence-corrected chi connectivity index (χ3v) is 7.52. The molecule has 1 N–H and O–H groups in total. The van der Waals surface area contributed by atoms with Gasteiger partial charge in [0.05, 0.1) is 12.5 Å². The molecule has 2 fully saturated rings. The highest BCUT2D eigenvalue weighted by Gasteiger charge is 2.31. The molecule has 1 aromatic heterocycles. The predicted molar refractivity (Wildman–Crippen MR) is 132 cm³/mol. The Morgan fingerprint density at radius 2 is 1.79 bits per heavy atom. The molecule has 0 spiro atoms. The lowest BCUT2D eigenvalue weighted by Crippen LogP contribution is -2.24. The van der Waals surface area contributed by atoms with Crippen LogP contribution in [0.25, 0.3) is 0 Å². The third-order valence-electron chi connectivity index (χ3n) is 7.11. The molecule has 0 bridgehead atoms. The smallest absolute Gasteiger partial charge is 0.308 e. The SMILES string of the molecule is CCOC(=O)C1CCC(CCc2nnc(CCC(=O)Nc3cccc(Cl)c3C)n2C2CC2)CC1. The number of carbonyl (C=O) groups excluding carboxylic acids is 2. The van der Waals surface area contributed by atoms with Gasteiger partial charge >= 0.3 is 5.97 Å². The Kier molecular flexibility index (Phi) is 8.24. The first-order valence-corrected chi connectivity index (χ1v) is 13.0. The Hall–Kier alpha value is -2.41. The van der Waals surface area contributed by atoms with Gasteiger partial charge in [-0.05, 0) is 82.4 Å². The van der Waals surface area contributed by atoms with Crippen LogP contribution in [-0.4, -0.2) is 33.2 Å². The molecule has 2 saturated carbocycles. The van der Waals surface area contributed by atoms with Crippen molar-refractivity contribution in [2.24, 2.45) is 11.8 Å². The van der Waals surface area contributed by atoms with Crippen molar-refractivity contribution in [3.05, 3.63) is 40.4 Å². The summed E-state index contributed by atoms with van der Waals surface area (Å²) in [7, 11) is 0. The van der Waals surface area contributed by atoms with E-state index in [-0.39, 0.29) is 17.8 Å². The van der Waals surface area contributed by atoms with Crippen LogP contribution < -0.4 is 5.32 Å². The number of esters is 1. The number of amides is 1. The van der Waals surface area contributed by atoms with Gasteiger partial charge < -0.3 is 14.6 Å². The first-order chi connectivity index (χ1) is 16.5. The number of hydrogen-bond donors (Lipinski definition) is 1. The van der Waals surface area contributed by atoms with Crippen molar-refractivity contribution >= 4 is 29.2 Å². The van der Waals surface area contributed by atoms with Gasteiger partial charge in [-0.1, -0.05) is 17.7 Å². The number of rotatable bonds is 10. The maximum atomic E-state index is 12.6.